The van der Waals surface area contributed by atoms with Crippen LogP contribution in [-0.2, 0) is 10.0 Å². The van der Waals surface area contributed by atoms with Crippen LogP contribution in [0.1, 0.15) is 13.3 Å². The quantitative estimate of drug-likeness (QED) is 0.862. The summed E-state index contributed by atoms with van der Waals surface area (Å²) in [6, 6.07) is 4.67. The van der Waals surface area contributed by atoms with Crippen LogP contribution in [0.3, 0.4) is 0 Å². The first-order valence-corrected chi connectivity index (χ1v) is 6.86. The molecule has 0 aromatic carbocycles. The monoisotopic (exact) mass is 268 g/mol. The Morgan fingerprint density at radius 2 is 2.22 bits per heavy atom. The number of hydrogen-bond donors (Lipinski definition) is 1. The molecule has 7 heteroatoms. The maximum atomic E-state index is 12.2. The molecule has 98 valence electrons. The van der Waals surface area contributed by atoms with Gasteiger partial charge in [0, 0.05) is 26.3 Å². The van der Waals surface area contributed by atoms with E-state index in [4.69, 9.17) is 5.26 Å². The molecule has 1 rings (SSSR count). The number of pyridine rings is 1. The number of nitriles is 1. The Kier molecular flexibility index (Phi) is 4.64. The van der Waals surface area contributed by atoms with Gasteiger partial charge >= 0.3 is 0 Å². The minimum atomic E-state index is -3.59. The van der Waals surface area contributed by atoms with Crippen molar-refractivity contribution >= 4 is 15.8 Å². The number of anilines is 1. The Labute approximate surface area is 107 Å². The Bertz CT molecular complexity index is 533. The molecule has 0 saturated carbocycles. The van der Waals surface area contributed by atoms with Gasteiger partial charge in [0.05, 0.1) is 12.5 Å². The predicted octanol–water partition coefficient (Wildman–Crippen LogP) is 1.05. The summed E-state index contributed by atoms with van der Waals surface area (Å²) in [4.78, 5) is 4.09. The zero-order valence-corrected chi connectivity index (χ0v) is 11.4. The molecule has 0 aliphatic rings. The fraction of sp³-hybridized carbons (Fsp3) is 0.455. The maximum Gasteiger partial charge on any atom is 0.244 e. The smallest absolute Gasteiger partial charge is 0.244 e. The first kappa shape index (κ1) is 14.4. The lowest BCUT2D eigenvalue weighted by atomic mass is 10.3. The van der Waals surface area contributed by atoms with E-state index < -0.39 is 10.0 Å². The summed E-state index contributed by atoms with van der Waals surface area (Å²) < 4.78 is 25.6. The summed E-state index contributed by atoms with van der Waals surface area (Å²) in [7, 11) is -0.426. The van der Waals surface area contributed by atoms with Gasteiger partial charge in [0.2, 0.25) is 10.0 Å². The fourth-order valence-electron chi connectivity index (χ4n) is 1.34. The molecule has 1 N–H and O–H groups in total. The number of hydrogen-bond acceptors (Lipinski definition) is 5. The summed E-state index contributed by atoms with van der Waals surface area (Å²) in [5, 5.41) is 11.4. The van der Waals surface area contributed by atoms with E-state index in [9.17, 15) is 8.42 Å². The Balaban J connectivity index is 3.02. The van der Waals surface area contributed by atoms with Gasteiger partial charge in [-0.25, -0.2) is 13.4 Å². The van der Waals surface area contributed by atoms with Gasteiger partial charge in [-0.2, -0.15) is 9.57 Å². The highest BCUT2D eigenvalue weighted by molar-refractivity contribution is 7.89. The lowest BCUT2D eigenvalue weighted by Crippen LogP contribution is -2.34. The Morgan fingerprint density at radius 3 is 2.67 bits per heavy atom. The summed E-state index contributed by atoms with van der Waals surface area (Å²) in [6.07, 6.45) is 1.45. The lowest BCUT2D eigenvalue weighted by molar-refractivity contribution is 0.393. The zero-order valence-electron chi connectivity index (χ0n) is 10.6. The van der Waals surface area contributed by atoms with E-state index in [1.807, 2.05) is 6.07 Å². The van der Waals surface area contributed by atoms with Gasteiger partial charge in [0.25, 0.3) is 0 Å². The average Bonchev–Trinajstić information content (AvgIpc) is 2.38. The summed E-state index contributed by atoms with van der Waals surface area (Å²) in [6.45, 7) is 1.69. The third-order valence-corrected chi connectivity index (χ3v) is 4.63. The van der Waals surface area contributed by atoms with Gasteiger partial charge in [-0.1, -0.05) is 0 Å². The van der Waals surface area contributed by atoms with Crippen molar-refractivity contribution < 1.29 is 8.42 Å². The standard InChI is InChI=1S/C11H16N4O2S/c1-9(6-7-12)15(3)18(16,17)10-4-5-11(13-2)14-8-10/h4-5,8-9H,6H2,1-3H3,(H,13,14). The summed E-state index contributed by atoms with van der Waals surface area (Å²) >= 11 is 0. The highest BCUT2D eigenvalue weighted by atomic mass is 32.2. The minimum absolute atomic E-state index is 0.119. The Hall–Kier alpha value is -1.65. The molecule has 0 bridgehead atoms. The van der Waals surface area contributed by atoms with Crippen molar-refractivity contribution in [1.82, 2.24) is 9.29 Å². The van der Waals surface area contributed by atoms with Crippen molar-refractivity contribution in [2.75, 3.05) is 19.4 Å². The molecule has 6 nitrogen and oxygen atoms in total. The van der Waals surface area contributed by atoms with Gasteiger partial charge in [-0.3, -0.25) is 0 Å². The van der Waals surface area contributed by atoms with E-state index in [-0.39, 0.29) is 17.4 Å². The molecule has 0 saturated heterocycles. The van der Waals surface area contributed by atoms with Crippen LogP contribution < -0.4 is 5.32 Å². The van der Waals surface area contributed by atoms with E-state index in [0.717, 1.165) is 0 Å². The molecule has 0 aliphatic carbocycles. The van der Waals surface area contributed by atoms with Crippen molar-refractivity contribution in [3.63, 3.8) is 0 Å². The molecule has 0 aliphatic heterocycles. The number of aromatic nitrogens is 1. The molecular formula is C11H16N4O2S. The van der Waals surface area contributed by atoms with Crippen LogP contribution in [0.25, 0.3) is 0 Å². The second kappa shape index (κ2) is 5.80. The molecule has 0 fully saturated rings. The molecule has 0 radical (unpaired) electrons. The normalized spacial score (nSPS) is 13.1. The van der Waals surface area contributed by atoms with E-state index >= 15 is 0 Å². The number of nitrogens with one attached hydrogen (secondary N) is 1. The predicted molar refractivity (Wildman–Crippen MR) is 68.4 cm³/mol. The van der Waals surface area contributed by atoms with E-state index in [1.54, 1.807) is 20.0 Å². The zero-order chi connectivity index (χ0) is 13.8. The maximum absolute atomic E-state index is 12.2. The van der Waals surface area contributed by atoms with Crippen LogP contribution in [0, 0.1) is 11.3 Å². The summed E-state index contributed by atoms with van der Waals surface area (Å²) in [5.74, 6) is 0.599. The van der Waals surface area contributed by atoms with Crippen LogP contribution in [0.4, 0.5) is 5.82 Å². The molecule has 0 spiro atoms. The van der Waals surface area contributed by atoms with Crippen molar-refractivity contribution in [3.8, 4) is 6.07 Å². The van der Waals surface area contributed by atoms with Crippen LogP contribution in [0.15, 0.2) is 23.2 Å². The van der Waals surface area contributed by atoms with E-state index in [0.29, 0.717) is 5.82 Å². The van der Waals surface area contributed by atoms with Crippen LogP contribution in [-0.4, -0.2) is 37.8 Å². The van der Waals surface area contributed by atoms with Crippen molar-refractivity contribution in [3.05, 3.63) is 18.3 Å². The number of rotatable bonds is 5. The molecule has 1 atom stereocenters. The SMILES string of the molecule is CNc1ccc(S(=O)(=O)N(C)C(C)CC#N)cn1. The summed E-state index contributed by atoms with van der Waals surface area (Å²) in [5.41, 5.74) is 0. The topological polar surface area (TPSA) is 86.1 Å². The van der Waals surface area contributed by atoms with Crippen molar-refractivity contribution in [1.29, 1.82) is 5.26 Å². The van der Waals surface area contributed by atoms with Gasteiger partial charge in [0.1, 0.15) is 10.7 Å². The van der Waals surface area contributed by atoms with Crippen LogP contribution >= 0.6 is 0 Å². The third-order valence-electron chi connectivity index (χ3n) is 2.68. The molecule has 1 aromatic rings. The highest BCUT2D eigenvalue weighted by Gasteiger charge is 2.25. The molecule has 0 amide bonds. The van der Waals surface area contributed by atoms with E-state index in [2.05, 4.69) is 10.3 Å². The largest absolute Gasteiger partial charge is 0.373 e. The second-order valence-electron chi connectivity index (χ2n) is 3.86. The number of sulfonamides is 1. The molecule has 1 unspecified atom stereocenters. The molecule has 1 aromatic heterocycles. The van der Waals surface area contributed by atoms with Crippen LogP contribution in [0.5, 0.6) is 0 Å². The van der Waals surface area contributed by atoms with Crippen LogP contribution in [0.2, 0.25) is 0 Å². The van der Waals surface area contributed by atoms with Gasteiger partial charge in [0.15, 0.2) is 0 Å². The first-order chi connectivity index (χ1) is 8.43. The first-order valence-electron chi connectivity index (χ1n) is 5.42. The minimum Gasteiger partial charge on any atom is -0.373 e. The van der Waals surface area contributed by atoms with Gasteiger partial charge in [-0.05, 0) is 19.1 Å². The molecule has 1 heterocycles. The Morgan fingerprint density at radius 1 is 1.56 bits per heavy atom. The van der Waals surface area contributed by atoms with Gasteiger partial charge < -0.3 is 5.32 Å². The van der Waals surface area contributed by atoms with Crippen molar-refractivity contribution in [2.45, 2.75) is 24.3 Å². The second-order valence-corrected chi connectivity index (χ2v) is 5.86. The van der Waals surface area contributed by atoms with Crippen molar-refractivity contribution in [2.24, 2.45) is 0 Å². The average molecular weight is 268 g/mol. The molecule has 18 heavy (non-hydrogen) atoms. The number of nitrogens with zero attached hydrogens (tertiary/aromatic N) is 3. The lowest BCUT2D eigenvalue weighted by Gasteiger charge is -2.22. The van der Waals surface area contributed by atoms with E-state index in [1.165, 1.54) is 23.6 Å². The third kappa shape index (κ3) is 2.97. The molecular weight excluding hydrogens is 252 g/mol. The fourth-order valence-corrected chi connectivity index (χ4v) is 2.65. The highest BCUT2D eigenvalue weighted by Crippen LogP contribution is 2.17. The van der Waals surface area contributed by atoms with Gasteiger partial charge in [-0.15, -0.1) is 0 Å².